The van der Waals surface area contributed by atoms with Crippen LogP contribution in [0.4, 0.5) is 0 Å². The monoisotopic (exact) mass is 416 g/mol. The van der Waals surface area contributed by atoms with Crippen molar-refractivity contribution in [2.45, 2.75) is 6.92 Å². The summed E-state index contributed by atoms with van der Waals surface area (Å²) in [5, 5.41) is 3.36. The van der Waals surface area contributed by atoms with E-state index in [0.29, 0.717) is 11.0 Å². The second-order valence-corrected chi connectivity index (χ2v) is 7.66. The molecule has 0 bridgehead atoms. The number of benzene rings is 1. The molecule has 6 heteroatoms. The minimum atomic E-state index is 0.478. The Bertz CT molecular complexity index is 786. The summed E-state index contributed by atoms with van der Waals surface area (Å²) in [7, 11) is 0. The molecule has 0 fully saturated rings. The number of rotatable bonds is 1. The molecule has 0 N–H and O–H groups in total. The number of nitrogens with zero attached hydrogens (tertiary/aromatic N) is 2. The fraction of sp³-hybridized carbons (Fsp3) is 0.0769. The van der Waals surface area contributed by atoms with Crippen LogP contribution in [0.1, 0.15) is 5.56 Å². The first-order chi connectivity index (χ1) is 9.04. The quantitative estimate of drug-likeness (QED) is 0.464. The minimum Gasteiger partial charge on any atom is -0.228 e. The molecule has 0 amide bonds. The molecule has 0 saturated heterocycles. The van der Waals surface area contributed by atoms with Crippen molar-refractivity contribution < 1.29 is 0 Å². The number of aryl methyl sites for hydroxylation is 1. The largest absolute Gasteiger partial charge is 0.228 e. The topological polar surface area (TPSA) is 25.8 Å². The van der Waals surface area contributed by atoms with Crippen molar-refractivity contribution in [3.63, 3.8) is 0 Å². The summed E-state index contributed by atoms with van der Waals surface area (Å²) in [6, 6.07) is 5.97. The smallest absolute Gasteiger partial charge is 0.162 e. The van der Waals surface area contributed by atoms with Gasteiger partial charge in [-0.2, -0.15) is 0 Å². The van der Waals surface area contributed by atoms with Crippen molar-refractivity contribution in [3.8, 4) is 11.4 Å². The van der Waals surface area contributed by atoms with Crippen LogP contribution in [0.2, 0.25) is 5.15 Å². The summed E-state index contributed by atoms with van der Waals surface area (Å²) in [5.74, 6) is 0.657. The fourth-order valence-corrected chi connectivity index (χ4v) is 3.81. The lowest BCUT2D eigenvalue weighted by Crippen LogP contribution is -1.93. The van der Waals surface area contributed by atoms with Gasteiger partial charge < -0.3 is 0 Å². The number of hydrogen-bond donors (Lipinski definition) is 0. The Morgan fingerprint density at radius 2 is 1.95 bits per heavy atom. The summed E-state index contributed by atoms with van der Waals surface area (Å²) < 4.78 is 2.03. The Balaban J connectivity index is 2.30. The maximum atomic E-state index is 6.28. The van der Waals surface area contributed by atoms with Crippen LogP contribution >= 0.6 is 54.8 Å². The highest BCUT2D eigenvalue weighted by molar-refractivity contribution is 9.11. The average molecular weight is 419 g/mol. The molecule has 19 heavy (non-hydrogen) atoms. The van der Waals surface area contributed by atoms with E-state index >= 15 is 0 Å². The minimum absolute atomic E-state index is 0.478. The SMILES string of the molecule is Cc1cc(Br)cc2c(Cl)nc(-c3csc(Br)c3)nc12. The molecule has 2 heterocycles. The fourth-order valence-electron chi connectivity index (χ4n) is 1.88. The highest BCUT2D eigenvalue weighted by atomic mass is 79.9. The number of hydrogen-bond acceptors (Lipinski definition) is 3. The van der Waals surface area contributed by atoms with Gasteiger partial charge in [-0.1, -0.05) is 27.5 Å². The van der Waals surface area contributed by atoms with Crippen LogP contribution in [-0.4, -0.2) is 9.97 Å². The van der Waals surface area contributed by atoms with Gasteiger partial charge in [-0.3, -0.25) is 0 Å². The van der Waals surface area contributed by atoms with Crippen LogP contribution in [0.5, 0.6) is 0 Å². The van der Waals surface area contributed by atoms with Crippen LogP contribution in [0.15, 0.2) is 31.8 Å². The molecular formula is C13H7Br2ClN2S. The molecule has 0 radical (unpaired) electrons. The molecule has 0 aliphatic rings. The van der Waals surface area contributed by atoms with Gasteiger partial charge in [0.1, 0.15) is 5.15 Å². The molecule has 0 aliphatic heterocycles. The lowest BCUT2D eigenvalue weighted by molar-refractivity contribution is 1.22. The summed E-state index contributed by atoms with van der Waals surface area (Å²) in [5.41, 5.74) is 2.94. The zero-order valence-electron chi connectivity index (χ0n) is 9.75. The molecular weight excluding hydrogens is 411 g/mol. The third-order valence-electron chi connectivity index (χ3n) is 2.73. The maximum Gasteiger partial charge on any atom is 0.162 e. The van der Waals surface area contributed by atoms with Crippen LogP contribution < -0.4 is 0 Å². The zero-order valence-corrected chi connectivity index (χ0v) is 14.5. The first-order valence-electron chi connectivity index (χ1n) is 5.42. The van der Waals surface area contributed by atoms with Gasteiger partial charge >= 0.3 is 0 Å². The van der Waals surface area contributed by atoms with E-state index in [1.807, 2.05) is 30.5 Å². The van der Waals surface area contributed by atoms with E-state index in [2.05, 4.69) is 41.8 Å². The maximum absolute atomic E-state index is 6.28. The summed E-state index contributed by atoms with van der Waals surface area (Å²) in [6.45, 7) is 2.02. The third kappa shape index (κ3) is 2.57. The molecule has 0 saturated carbocycles. The Hall–Kier alpha value is -0.490. The van der Waals surface area contributed by atoms with Gasteiger partial charge in [-0.15, -0.1) is 11.3 Å². The van der Waals surface area contributed by atoms with E-state index in [4.69, 9.17) is 11.6 Å². The molecule has 2 aromatic heterocycles. The molecule has 3 aromatic rings. The Morgan fingerprint density at radius 1 is 1.16 bits per heavy atom. The molecule has 0 unspecified atom stereocenters. The highest BCUT2D eigenvalue weighted by Crippen LogP contribution is 2.32. The molecule has 2 nitrogen and oxygen atoms in total. The van der Waals surface area contributed by atoms with Gasteiger partial charge in [-0.25, -0.2) is 9.97 Å². The average Bonchev–Trinajstić information content (AvgIpc) is 2.77. The van der Waals surface area contributed by atoms with E-state index in [1.165, 1.54) is 0 Å². The second-order valence-electron chi connectivity index (χ2n) is 4.10. The highest BCUT2D eigenvalue weighted by Gasteiger charge is 2.11. The molecule has 0 atom stereocenters. The van der Waals surface area contributed by atoms with Crippen molar-refractivity contribution in [3.05, 3.63) is 42.6 Å². The lowest BCUT2D eigenvalue weighted by atomic mass is 10.1. The zero-order chi connectivity index (χ0) is 13.6. The van der Waals surface area contributed by atoms with Gasteiger partial charge in [-0.05, 0) is 46.6 Å². The van der Waals surface area contributed by atoms with Crippen molar-refractivity contribution in [2.24, 2.45) is 0 Å². The van der Waals surface area contributed by atoms with Crippen molar-refractivity contribution >= 4 is 65.7 Å². The predicted octanol–water partition coefficient (Wildman–Crippen LogP) is 5.85. The van der Waals surface area contributed by atoms with E-state index in [9.17, 15) is 0 Å². The van der Waals surface area contributed by atoms with Crippen molar-refractivity contribution in [1.29, 1.82) is 0 Å². The summed E-state index contributed by atoms with van der Waals surface area (Å²) in [6.07, 6.45) is 0. The van der Waals surface area contributed by atoms with Gasteiger partial charge in [0.05, 0.1) is 9.30 Å². The van der Waals surface area contributed by atoms with Crippen LogP contribution in [0, 0.1) is 6.92 Å². The van der Waals surface area contributed by atoms with Crippen LogP contribution in [0.25, 0.3) is 22.3 Å². The van der Waals surface area contributed by atoms with Crippen molar-refractivity contribution in [2.75, 3.05) is 0 Å². The predicted molar refractivity (Wildman–Crippen MR) is 88.0 cm³/mol. The van der Waals surface area contributed by atoms with Gasteiger partial charge in [0, 0.05) is 20.8 Å². The Morgan fingerprint density at radius 3 is 2.63 bits per heavy atom. The normalized spacial score (nSPS) is 11.2. The van der Waals surface area contributed by atoms with Gasteiger partial charge in [0.15, 0.2) is 5.82 Å². The first-order valence-corrected chi connectivity index (χ1v) is 8.27. The van der Waals surface area contributed by atoms with E-state index < -0.39 is 0 Å². The molecule has 3 rings (SSSR count). The van der Waals surface area contributed by atoms with Crippen LogP contribution in [-0.2, 0) is 0 Å². The van der Waals surface area contributed by atoms with Gasteiger partial charge in [0.25, 0.3) is 0 Å². The molecule has 1 aromatic carbocycles. The van der Waals surface area contributed by atoms with E-state index in [0.717, 1.165) is 30.3 Å². The van der Waals surface area contributed by atoms with Crippen LogP contribution in [0.3, 0.4) is 0 Å². The Labute approximate surface area is 136 Å². The standard InChI is InChI=1S/C13H7Br2ClN2S/c1-6-2-8(14)4-9-11(6)17-13(18-12(9)16)7-3-10(15)19-5-7/h2-5H,1H3. The number of fused-ring (bicyclic) bond motifs is 1. The molecule has 0 aliphatic carbocycles. The summed E-state index contributed by atoms with van der Waals surface area (Å²) >= 11 is 14.8. The third-order valence-corrected chi connectivity index (χ3v) is 4.99. The van der Waals surface area contributed by atoms with E-state index in [1.54, 1.807) is 11.3 Å². The van der Waals surface area contributed by atoms with E-state index in [-0.39, 0.29) is 0 Å². The lowest BCUT2D eigenvalue weighted by Gasteiger charge is -2.06. The van der Waals surface area contributed by atoms with Crippen molar-refractivity contribution in [1.82, 2.24) is 9.97 Å². The Kier molecular flexibility index (Phi) is 3.64. The number of halogens is 3. The second kappa shape index (κ2) is 5.13. The summed E-state index contributed by atoms with van der Waals surface area (Å²) in [4.78, 5) is 9.02. The molecule has 0 spiro atoms. The molecule has 96 valence electrons. The van der Waals surface area contributed by atoms with Gasteiger partial charge in [0.2, 0.25) is 0 Å². The number of thiophene rings is 1. The first kappa shape index (κ1) is 13.5. The number of aromatic nitrogens is 2.